The molecule has 1 aliphatic heterocycles. The predicted octanol–water partition coefficient (Wildman–Crippen LogP) is 2.18. The summed E-state index contributed by atoms with van der Waals surface area (Å²) in [6, 6.07) is 13.2. The molecule has 0 aliphatic carbocycles. The van der Waals surface area contributed by atoms with Crippen molar-refractivity contribution < 1.29 is 19.1 Å². The summed E-state index contributed by atoms with van der Waals surface area (Å²) >= 11 is 0. The van der Waals surface area contributed by atoms with E-state index in [1.807, 2.05) is 30.3 Å². The molecule has 0 unspecified atom stereocenters. The van der Waals surface area contributed by atoms with Gasteiger partial charge in [0.15, 0.2) is 0 Å². The van der Waals surface area contributed by atoms with Crippen molar-refractivity contribution in [1.29, 1.82) is 0 Å². The molecule has 1 saturated heterocycles. The van der Waals surface area contributed by atoms with E-state index in [4.69, 9.17) is 9.15 Å². The second kappa shape index (κ2) is 6.98. The van der Waals surface area contributed by atoms with Gasteiger partial charge in [0.25, 0.3) is 0 Å². The Hall–Kier alpha value is -2.11. The van der Waals surface area contributed by atoms with Gasteiger partial charge in [-0.3, -0.25) is 4.79 Å². The molecule has 1 aliphatic rings. The van der Waals surface area contributed by atoms with Gasteiger partial charge in [0.2, 0.25) is 5.91 Å². The van der Waals surface area contributed by atoms with Crippen LogP contribution in [0.5, 0.6) is 0 Å². The number of aliphatic hydroxyl groups excluding tert-OH is 1. The molecule has 0 saturated carbocycles. The Kier molecular flexibility index (Phi) is 4.79. The monoisotopic (exact) mass is 315 g/mol. The Bertz CT molecular complexity index is 618. The van der Waals surface area contributed by atoms with Crippen LogP contribution >= 0.6 is 0 Å². The van der Waals surface area contributed by atoms with Crippen molar-refractivity contribution in [3.63, 3.8) is 0 Å². The van der Waals surface area contributed by atoms with E-state index in [9.17, 15) is 9.90 Å². The van der Waals surface area contributed by atoms with Crippen molar-refractivity contribution in [2.75, 3.05) is 19.8 Å². The second-order valence-corrected chi connectivity index (χ2v) is 5.80. The summed E-state index contributed by atoms with van der Waals surface area (Å²) in [7, 11) is 0. The Morgan fingerprint density at radius 3 is 2.57 bits per heavy atom. The number of nitrogens with one attached hydrogen (secondary N) is 1. The number of furan rings is 1. The molecule has 0 bridgehead atoms. The first kappa shape index (κ1) is 15.8. The van der Waals surface area contributed by atoms with Crippen LogP contribution in [0.15, 0.2) is 53.1 Å². The molecule has 1 atom stereocenters. The first-order valence-electron chi connectivity index (χ1n) is 7.85. The maximum absolute atomic E-state index is 12.9. The van der Waals surface area contributed by atoms with Crippen LogP contribution < -0.4 is 5.32 Å². The van der Waals surface area contributed by atoms with Gasteiger partial charge in [-0.25, -0.2) is 0 Å². The number of ether oxygens (including phenoxy) is 1. The Balaban J connectivity index is 1.73. The van der Waals surface area contributed by atoms with Gasteiger partial charge in [0, 0.05) is 13.2 Å². The standard InChI is InChI=1S/C18H21NO4/c20-15(16-7-4-10-23-16)13-19-17(21)18(8-11-22-12-9-18)14-5-2-1-3-6-14/h1-7,10,15,20H,8-9,11-13H2,(H,19,21)/t15-/m1/s1. The molecule has 1 fully saturated rings. The summed E-state index contributed by atoms with van der Waals surface area (Å²) in [5.74, 6) is 0.378. The molecule has 122 valence electrons. The van der Waals surface area contributed by atoms with Gasteiger partial charge in [0.05, 0.1) is 18.2 Å². The third-order valence-corrected chi connectivity index (χ3v) is 4.43. The number of rotatable bonds is 5. The molecule has 1 aromatic carbocycles. The highest BCUT2D eigenvalue weighted by molar-refractivity contribution is 5.88. The molecule has 0 spiro atoms. The Morgan fingerprint density at radius 2 is 1.91 bits per heavy atom. The first-order valence-corrected chi connectivity index (χ1v) is 7.85. The maximum Gasteiger partial charge on any atom is 0.230 e. The summed E-state index contributed by atoms with van der Waals surface area (Å²) in [6.07, 6.45) is 1.94. The normalized spacial score (nSPS) is 18.3. The molecular formula is C18H21NO4. The number of hydrogen-bond donors (Lipinski definition) is 2. The topological polar surface area (TPSA) is 71.7 Å². The van der Waals surface area contributed by atoms with Crippen molar-refractivity contribution in [1.82, 2.24) is 5.32 Å². The number of hydrogen-bond acceptors (Lipinski definition) is 4. The maximum atomic E-state index is 12.9. The van der Waals surface area contributed by atoms with Crippen molar-refractivity contribution in [3.05, 3.63) is 60.1 Å². The number of aliphatic hydroxyl groups is 1. The average Bonchev–Trinajstić information content (AvgIpc) is 3.15. The third-order valence-electron chi connectivity index (χ3n) is 4.43. The molecule has 5 nitrogen and oxygen atoms in total. The molecule has 1 amide bonds. The van der Waals surface area contributed by atoms with Crippen LogP contribution in [0, 0.1) is 0 Å². The van der Waals surface area contributed by atoms with Crippen molar-refractivity contribution in [3.8, 4) is 0 Å². The average molecular weight is 315 g/mol. The lowest BCUT2D eigenvalue weighted by molar-refractivity contribution is -0.131. The molecule has 23 heavy (non-hydrogen) atoms. The van der Waals surface area contributed by atoms with E-state index in [0.717, 1.165) is 5.56 Å². The molecule has 5 heteroatoms. The van der Waals surface area contributed by atoms with Crippen LogP contribution in [0.1, 0.15) is 30.3 Å². The zero-order valence-electron chi connectivity index (χ0n) is 12.9. The largest absolute Gasteiger partial charge is 0.467 e. The van der Waals surface area contributed by atoms with E-state index >= 15 is 0 Å². The Labute approximate surface area is 135 Å². The van der Waals surface area contributed by atoms with E-state index in [0.29, 0.717) is 31.8 Å². The molecule has 3 rings (SSSR count). The fraction of sp³-hybridized carbons (Fsp3) is 0.389. The van der Waals surface area contributed by atoms with Crippen molar-refractivity contribution >= 4 is 5.91 Å². The number of amides is 1. The lowest BCUT2D eigenvalue weighted by atomic mass is 9.73. The zero-order chi connectivity index (χ0) is 16.1. The van der Waals surface area contributed by atoms with Crippen LogP contribution in [-0.2, 0) is 14.9 Å². The van der Waals surface area contributed by atoms with E-state index in [1.54, 1.807) is 12.1 Å². The van der Waals surface area contributed by atoms with Gasteiger partial charge in [-0.15, -0.1) is 0 Å². The smallest absolute Gasteiger partial charge is 0.230 e. The minimum Gasteiger partial charge on any atom is -0.467 e. The molecule has 2 N–H and O–H groups in total. The number of carbonyl (C=O) groups excluding carboxylic acids is 1. The highest BCUT2D eigenvalue weighted by Crippen LogP contribution is 2.35. The summed E-state index contributed by atoms with van der Waals surface area (Å²) in [5, 5.41) is 13.0. The lowest BCUT2D eigenvalue weighted by Gasteiger charge is -2.36. The zero-order valence-corrected chi connectivity index (χ0v) is 12.9. The number of benzene rings is 1. The van der Waals surface area contributed by atoms with Gasteiger partial charge in [-0.05, 0) is 30.5 Å². The van der Waals surface area contributed by atoms with E-state index in [1.165, 1.54) is 6.26 Å². The summed E-state index contributed by atoms with van der Waals surface area (Å²) in [4.78, 5) is 12.9. The van der Waals surface area contributed by atoms with Gasteiger partial charge in [-0.2, -0.15) is 0 Å². The fourth-order valence-corrected chi connectivity index (χ4v) is 3.06. The van der Waals surface area contributed by atoms with Gasteiger partial charge in [0.1, 0.15) is 11.9 Å². The second-order valence-electron chi connectivity index (χ2n) is 5.80. The minimum atomic E-state index is -0.846. The molecule has 2 heterocycles. The van der Waals surface area contributed by atoms with Gasteiger partial charge in [-0.1, -0.05) is 30.3 Å². The minimum absolute atomic E-state index is 0.0717. The number of carbonyl (C=O) groups is 1. The summed E-state index contributed by atoms with van der Waals surface area (Å²) < 4.78 is 10.6. The molecule has 2 aromatic rings. The highest BCUT2D eigenvalue weighted by Gasteiger charge is 2.41. The predicted molar refractivity (Wildman–Crippen MR) is 84.9 cm³/mol. The first-order chi connectivity index (χ1) is 11.2. The van der Waals surface area contributed by atoms with Crippen LogP contribution in [0.25, 0.3) is 0 Å². The van der Waals surface area contributed by atoms with E-state index in [-0.39, 0.29) is 12.5 Å². The quantitative estimate of drug-likeness (QED) is 0.887. The summed E-state index contributed by atoms with van der Waals surface area (Å²) in [5.41, 5.74) is 0.399. The van der Waals surface area contributed by atoms with Crippen LogP contribution in [0.3, 0.4) is 0 Å². The SMILES string of the molecule is O=C(NC[C@@H](O)c1ccco1)C1(c2ccccc2)CCOCC1. The van der Waals surface area contributed by atoms with E-state index in [2.05, 4.69) is 5.32 Å². The van der Waals surface area contributed by atoms with Crippen molar-refractivity contribution in [2.24, 2.45) is 0 Å². The lowest BCUT2D eigenvalue weighted by Crippen LogP contribution is -2.48. The molecule has 1 aromatic heterocycles. The Morgan fingerprint density at radius 1 is 1.17 bits per heavy atom. The molecular weight excluding hydrogens is 294 g/mol. The summed E-state index contributed by atoms with van der Waals surface area (Å²) in [6.45, 7) is 1.24. The fourth-order valence-electron chi connectivity index (χ4n) is 3.06. The third kappa shape index (κ3) is 3.30. The van der Waals surface area contributed by atoms with Gasteiger partial charge >= 0.3 is 0 Å². The molecule has 0 radical (unpaired) electrons. The van der Waals surface area contributed by atoms with Crippen LogP contribution in [-0.4, -0.2) is 30.8 Å². The highest BCUT2D eigenvalue weighted by atomic mass is 16.5. The van der Waals surface area contributed by atoms with E-state index < -0.39 is 11.5 Å². The van der Waals surface area contributed by atoms with Crippen LogP contribution in [0.2, 0.25) is 0 Å². The van der Waals surface area contributed by atoms with Crippen molar-refractivity contribution in [2.45, 2.75) is 24.4 Å². The van der Waals surface area contributed by atoms with Crippen LogP contribution in [0.4, 0.5) is 0 Å². The van der Waals surface area contributed by atoms with Gasteiger partial charge < -0.3 is 19.6 Å².